The summed E-state index contributed by atoms with van der Waals surface area (Å²) in [4.78, 5) is 25.9. The van der Waals surface area contributed by atoms with Crippen LogP contribution in [0.15, 0.2) is 0 Å². The molecule has 5 heteroatoms. The molecule has 0 bridgehead atoms. The number of rotatable bonds is 5. The average Bonchev–Trinajstić information content (AvgIpc) is 2.45. The number of nitrogens with zero attached hydrogens (tertiary/aromatic N) is 1. The van der Waals surface area contributed by atoms with Crippen LogP contribution in [0.2, 0.25) is 0 Å². The van der Waals surface area contributed by atoms with Gasteiger partial charge in [0.2, 0.25) is 5.91 Å². The second-order valence-corrected chi connectivity index (χ2v) is 5.27. The number of amides is 1. The summed E-state index contributed by atoms with van der Waals surface area (Å²) < 4.78 is 4.84. The van der Waals surface area contributed by atoms with E-state index in [4.69, 9.17) is 4.74 Å². The van der Waals surface area contributed by atoms with Crippen molar-refractivity contribution in [1.82, 2.24) is 10.2 Å². The third kappa shape index (κ3) is 4.20. The first-order valence-corrected chi connectivity index (χ1v) is 7.15. The molecule has 0 aromatic carbocycles. The third-order valence-electron chi connectivity index (χ3n) is 3.90. The fourth-order valence-electron chi connectivity index (χ4n) is 2.42. The Bertz CT molecular complexity index is 320. The molecule has 2 unspecified atom stereocenters. The first-order chi connectivity index (χ1) is 9.01. The Hall–Kier alpha value is -1.10. The second-order valence-electron chi connectivity index (χ2n) is 5.27. The van der Waals surface area contributed by atoms with Crippen molar-refractivity contribution in [2.75, 3.05) is 13.7 Å². The zero-order valence-corrected chi connectivity index (χ0v) is 12.4. The van der Waals surface area contributed by atoms with Crippen LogP contribution in [0.5, 0.6) is 0 Å². The molecule has 3 atom stereocenters. The number of esters is 1. The van der Waals surface area contributed by atoms with E-state index in [0.717, 1.165) is 32.2 Å². The van der Waals surface area contributed by atoms with Gasteiger partial charge in [0.25, 0.3) is 0 Å². The summed E-state index contributed by atoms with van der Waals surface area (Å²) in [6.45, 7) is 6.65. The Morgan fingerprint density at radius 1 is 1.37 bits per heavy atom. The number of piperidine rings is 1. The summed E-state index contributed by atoms with van der Waals surface area (Å²) in [5.41, 5.74) is 0. The molecule has 1 rings (SSSR count). The predicted octanol–water partition coefficient (Wildman–Crippen LogP) is 1.32. The summed E-state index contributed by atoms with van der Waals surface area (Å²) in [6.07, 6.45) is 3.71. The van der Waals surface area contributed by atoms with Crippen LogP contribution in [0.3, 0.4) is 0 Å². The van der Waals surface area contributed by atoms with Crippen LogP contribution in [0.4, 0.5) is 0 Å². The maximum absolute atomic E-state index is 12.2. The van der Waals surface area contributed by atoms with Crippen molar-refractivity contribution in [2.24, 2.45) is 0 Å². The summed E-state index contributed by atoms with van der Waals surface area (Å²) in [7, 11) is 1.40. The summed E-state index contributed by atoms with van der Waals surface area (Å²) in [5, 5.41) is 2.97. The number of hydrogen-bond acceptors (Lipinski definition) is 4. The lowest BCUT2D eigenvalue weighted by atomic mass is 9.99. The predicted molar refractivity (Wildman–Crippen MR) is 73.7 cm³/mol. The Balaban J connectivity index is 2.68. The van der Waals surface area contributed by atoms with Crippen LogP contribution < -0.4 is 5.32 Å². The number of nitrogens with one attached hydrogen (secondary N) is 1. The zero-order chi connectivity index (χ0) is 14.4. The molecule has 1 amide bonds. The van der Waals surface area contributed by atoms with E-state index < -0.39 is 0 Å². The van der Waals surface area contributed by atoms with Crippen molar-refractivity contribution in [3.8, 4) is 0 Å². The lowest BCUT2D eigenvalue weighted by Gasteiger charge is -2.37. The number of ether oxygens (including phenoxy) is 1. The lowest BCUT2D eigenvalue weighted by Crippen LogP contribution is -2.55. The molecule has 0 aromatic heterocycles. The number of carbonyl (C=O) groups is 2. The van der Waals surface area contributed by atoms with Gasteiger partial charge in [-0.3, -0.25) is 14.5 Å². The minimum Gasteiger partial charge on any atom is -0.468 e. The minimum absolute atomic E-state index is 0.00912. The second kappa shape index (κ2) is 7.48. The third-order valence-corrected chi connectivity index (χ3v) is 3.90. The fraction of sp³-hybridized carbons (Fsp3) is 0.857. The molecule has 1 aliphatic heterocycles. The molecule has 1 N–H and O–H groups in total. The van der Waals surface area contributed by atoms with Crippen LogP contribution in [-0.2, 0) is 14.3 Å². The minimum atomic E-state index is -0.293. The number of methoxy groups -OCH3 is 1. The quantitative estimate of drug-likeness (QED) is 0.765. The molecule has 0 aliphatic carbocycles. The first-order valence-electron chi connectivity index (χ1n) is 7.15. The molecule has 5 nitrogen and oxygen atoms in total. The van der Waals surface area contributed by atoms with E-state index in [1.165, 1.54) is 7.11 Å². The van der Waals surface area contributed by atoms with Gasteiger partial charge in [-0.25, -0.2) is 0 Å². The van der Waals surface area contributed by atoms with Gasteiger partial charge in [-0.1, -0.05) is 13.3 Å². The normalized spacial score (nSPS) is 23.5. The lowest BCUT2D eigenvalue weighted by molar-refractivity contribution is -0.150. The molecule has 1 saturated heterocycles. The topological polar surface area (TPSA) is 58.6 Å². The Morgan fingerprint density at radius 3 is 2.63 bits per heavy atom. The first kappa shape index (κ1) is 16.0. The van der Waals surface area contributed by atoms with E-state index in [-0.39, 0.29) is 30.0 Å². The number of likely N-dealkylation sites (tertiary alicyclic amines) is 1. The van der Waals surface area contributed by atoms with Gasteiger partial charge in [-0.15, -0.1) is 0 Å². The number of hydrogen-bond donors (Lipinski definition) is 1. The maximum Gasteiger partial charge on any atom is 0.323 e. The Morgan fingerprint density at radius 2 is 2.05 bits per heavy atom. The molecular weight excluding hydrogens is 244 g/mol. The van der Waals surface area contributed by atoms with E-state index in [1.807, 2.05) is 25.7 Å². The van der Waals surface area contributed by atoms with Crippen LogP contribution in [0, 0.1) is 0 Å². The number of carbonyl (C=O) groups excluding carboxylic acids is 2. The summed E-state index contributed by atoms with van der Waals surface area (Å²) >= 11 is 0. The molecule has 110 valence electrons. The smallest absolute Gasteiger partial charge is 0.323 e. The van der Waals surface area contributed by atoms with Crippen molar-refractivity contribution in [3.63, 3.8) is 0 Å². The van der Waals surface area contributed by atoms with Gasteiger partial charge in [0.1, 0.15) is 6.04 Å². The van der Waals surface area contributed by atoms with E-state index in [1.54, 1.807) is 0 Å². The maximum atomic E-state index is 12.2. The van der Waals surface area contributed by atoms with Crippen molar-refractivity contribution in [2.45, 2.75) is 64.6 Å². The van der Waals surface area contributed by atoms with Gasteiger partial charge in [0.15, 0.2) is 0 Å². The molecule has 19 heavy (non-hydrogen) atoms. The Labute approximate surface area is 115 Å². The van der Waals surface area contributed by atoms with Crippen LogP contribution in [-0.4, -0.2) is 48.6 Å². The molecular formula is C14H26N2O3. The largest absolute Gasteiger partial charge is 0.468 e. The highest BCUT2D eigenvalue weighted by atomic mass is 16.5. The highest BCUT2D eigenvalue weighted by Gasteiger charge is 2.35. The molecule has 1 aliphatic rings. The van der Waals surface area contributed by atoms with Crippen molar-refractivity contribution >= 4 is 11.9 Å². The zero-order valence-electron chi connectivity index (χ0n) is 12.4. The van der Waals surface area contributed by atoms with Crippen LogP contribution in [0.1, 0.15) is 46.5 Å². The van der Waals surface area contributed by atoms with Gasteiger partial charge >= 0.3 is 5.97 Å². The fourth-order valence-corrected chi connectivity index (χ4v) is 2.42. The van der Waals surface area contributed by atoms with E-state index in [0.29, 0.717) is 0 Å². The van der Waals surface area contributed by atoms with Crippen molar-refractivity contribution in [3.05, 3.63) is 0 Å². The van der Waals surface area contributed by atoms with Crippen molar-refractivity contribution in [1.29, 1.82) is 0 Å². The van der Waals surface area contributed by atoms with Crippen LogP contribution >= 0.6 is 0 Å². The van der Waals surface area contributed by atoms with Gasteiger partial charge in [-0.05, 0) is 39.7 Å². The highest BCUT2D eigenvalue weighted by Crippen LogP contribution is 2.20. The highest BCUT2D eigenvalue weighted by molar-refractivity contribution is 5.83. The van der Waals surface area contributed by atoms with Gasteiger partial charge in [0.05, 0.1) is 13.2 Å². The molecule has 0 aromatic rings. The molecule has 0 saturated carbocycles. The van der Waals surface area contributed by atoms with Crippen LogP contribution in [0.25, 0.3) is 0 Å². The van der Waals surface area contributed by atoms with Gasteiger partial charge in [-0.2, -0.15) is 0 Å². The van der Waals surface area contributed by atoms with E-state index in [9.17, 15) is 9.59 Å². The van der Waals surface area contributed by atoms with E-state index in [2.05, 4.69) is 5.32 Å². The summed E-state index contributed by atoms with van der Waals surface area (Å²) in [5.74, 6) is -0.243. The SMILES string of the molecule is CCC(C)NC(=O)C(C)N1CCCC[C@@H]1C(=O)OC. The van der Waals surface area contributed by atoms with E-state index >= 15 is 0 Å². The Kier molecular flexibility index (Phi) is 6.28. The van der Waals surface area contributed by atoms with Gasteiger partial charge < -0.3 is 10.1 Å². The molecule has 0 spiro atoms. The van der Waals surface area contributed by atoms with Gasteiger partial charge in [0, 0.05) is 6.04 Å². The average molecular weight is 270 g/mol. The summed E-state index contributed by atoms with van der Waals surface area (Å²) in [6, 6.07) is -0.411. The molecule has 0 radical (unpaired) electrons. The molecule has 1 fully saturated rings. The monoisotopic (exact) mass is 270 g/mol. The van der Waals surface area contributed by atoms with Crippen molar-refractivity contribution < 1.29 is 14.3 Å². The molecule has 1 heterocycles. The standard InChI is InChI=1S/C14H26N2O3/c1-5-10(2)15-13(17)11(3)16-9-7-6-8-12(16)14(18)19-4/h10-12H,5-9H2,1-4H3,(H,15,17)/t10?,11?,12-/m1/s1.